The molecule has 5 nitrogen and oxygen atoms in total. The van der Waals surface area contributed by atoms with Gasteiger partial charge in [-0.3, -0.25) is 0 Å². The smallest absolute Gasteiger partial charge is 0.337 e. The van der Waals surface area contributed by atoms with Crippen LogP contribution in [0.25, 0.3) is 0 Å². The molecule has 2 rings (SSSR count). The SMILES string of the molecule is O=C(NCc1ccc(Cl)s1)Nc1ccc(F)cc1C(=O)O. The topological polar surface area (TPSA) is 78.4 Å². The van der Waals surface area contributed by atoms with Crippen LogP contribution in [0.15, 0.2) is 30.3 Å². The van der Waals surface area contributed by atoms with Crippen LogP contribution >= 0.6 is 22.9 Å². The molecule has 3 N–H and O–H groups in total. The van der Waals surface area contributed by atoms with E-state index < -0.39 is 17.8 Å². The van der Waals surface area contributed by atoms with Crippen molar-refractivity contribution in [3.05, 3.63) is 50.9 Å². The number of carboxylic acid groups (broad SMARTS) is 1. The van der Waals surface area contributed by atoms with Crippen LogP contribution in [-0.2, 0) is 6.54 Å². The number of carboxylic acids is 1. The molecule has 1 heterocycles. The number of aromatic carboxylic acids is 1. The van der Waals surface area contributed by atoms with Crippen molar-refractivity contribution in [3.63, 3.8) is 0 Å². The van der Waals surface area contributed by atoms with Gasteiger partial charge in [-0.25, -0.2) is 14.0 Å². The fourth-order valence-corrected chi connectivity index (χ4v) is 2.61. The van der Waals surface area contributed by atoms with E-state index in [4.69, 9.17) is 16.7 Å². The molecule has 0 bridgehead atoms. The molecule has 110 valence electrons. The third-order valence-corrected chi connectivity index (χ3v) is 3.74. The molecule has 8 heteroatoms. The van der Waals surface area contributed by atoms with Gasteiger partial charge < -0.3 is 15.7 Å². The van der Waals surface area contributed by atoms with Gasteiger partial charge in [0.25, 0.3) is 0 Å². The molecule has 1 aromatic carbocycles. The highest BCUT2D eigenvalue weighted by Crippen LogP contribution is 2.21. The number of anilines is 1. The normalized spacial score (nSPS) is 10.2. The second-order valence-corrected chi connectivity index (χ2v) is 5.81. The molecule has 0 unspecified atom stereocenters. The first-order chi connectivity index (χ1) is 9.95. The molecule has 2 amide bonds. The molecular weight excluding hydrogens is 319 g/mol. The Morgan fingerprint density at radius 3 is 2.67 bits per heavy atom. The van der Waals surface area contributed by atoms with Crippen LogP contribution < -0.4 is 10.6 Å². The number of rotatable bonds is 4. The average Bonchev–Trinajstić information content (AvgIpc) is 2.84. The van der Waals surface area contributed by atoms with Crippen LogP contribution in [0.2, 0.25) is 4.34 Å². The summed E-state index contributed by atoms with van der Waals surface area (Å²) >= 11 is 7.09. The van der Waals surface area contributed by atoms with Crippen LogP contribution in [0.5, 0.6) is 0 Å². The molecule has 0 saturated heterocycles. The monoisotopic (exact) mass is 328 g/mol. The van der Waals surface area contributed by atoms with Gasteiger partial charge in [0.15, 0.2) is 0 Å². The Morgan fingerprint density at radius 2 is 2.05 bits per heavy atom. The number of thiophene rings is 1. The van der Waals surface area contributed by atoms with Crippen molar-refractivity contribution >= 4 is 40.6 Å². The number of hydrogen-bond acceptors (Lipinski definition) is 3. The van der Waals surface area contributed by atoms with Gasteiger partial charge in [0.05, 0.1) is 22.1 Å². The van der Waals surface area contributed by atoms with Gasteiger partial charge in [-0.1, -0.05) is 11.6 Å². The van der Waals surface area contributed by atoms with Crippen LogP contribution in [0.3, 0.4) is 0 Å². The summed E-state index contributed by atoms with van der Waals surface area (Å²) < 4.78 is 13.6. The molecule has 21 heavy (non-hydrogen) atoms. The number of nitrogens with one attached hydrogen (secondary N) is 2. The number of carbonyl (C=O) groups excluding carboxylic acids is 1. The number of urea groups is 1. The molecule has 0 radical (unpaired) electrons. The summed E-state index contributed by atoms with van der Waals surface area (Å²) in [6.07, 6.45) is 0. The van der Waals surface area contributed by atoms with Gasteiger partial charge in [0, 0.05) is 4.88 Å². The number of carbonyl (C=O) groups is 2. The summed E-state index contributed by atoms with van der Waals surface area (Å²) in [7, 11) is 0. The van der Waals surface area contributed by atoms with Crippen molar-refractivity contribution in [2.45, 2.75) is 6.54 Å². The fraction of sp³-hybridized carbons (Fsp3) is 0.0769. The van der Waals surface area contributed by atoms with Crippen LogP contribution in [0.1, 0.15) is 15.2 Å². The van der Waals surface area contributed by atoms with Gasteiger partial charge in [0.1, 0.15) is 5.82 Å². The van der Waals surface area contributed by atoms with E-state index in [-0.39, 0.29) is 17.8 Å². The highest BCUT2D eigenvalue weighted by molar-refractivity contribution is 7.16. The van der Waals surface area contributed by atoms with E-state index >= 15 is 0 Å². The van der Waals surface area contributed by atoms with E-state index in [0.29, 0.717) is 4.34 Å². The minimum Gasteiger partial charge on any atom is -0.478 e. The number of hydrogen-bond donors (Lipinski definition) is 3. The maximum atomic E-state index is 13.0. The minimum atomic E-state index is -1.32. The first kappa shape index (κ1) is 15.3. The number of halogens is 2. The van der Waals surface area contributed by atoms with E-state index in [1.54, 1.807) is 12.1 Å². The maximum Gasteiger partial charge on any atom is 0.337 e. The standard InChI is InChI=1S/C13H10ClFN2O3S/c14-11-4-2-8(21-11)6-16-13(20)17-10-3-1-7(15)5-9(10)12(18)19/h1-5H,6H2,(H,18,19)(H2,16,17,20). The number of amides is 2. The van der Waals surface area contributed by atoms with Crippen molar-refractivity contribution < 1.29 is 19.1 Å². The average molecular weight is 329 g/mol. The zero-order chi connectivity index (χ0) is 15.4. The molecule has 0 aliphatic rings. The third kappa shape index (κ3) is 4.17. The van der Waals surface area contributed by atoms with Gasteiger partial charge in [-0.05, 0) is 30.3 Å². The Balaban J connectivity index is 2.01. The second kappa shape index (κ2) is 6.55. The fourth-order valence-electron chi connectivity index (χ4n) is 1.58. The highest BCUT2D eigenvalue weighted by Gasteiger charge is 2.13. The van der Waals surface area contributed by atoms with E-state index in [1.165, 1.54) is 17.4 Å². The van der Waals surface area contributed by atoms with Crippen molar-refractivity contribution in [1.29, 1.82) is 0 Å². The lowest BCUT2D eigenvalue weighted by molar-refractivity contribution is 0.0697. The summed E-state index contributed by atoms with van der Waals surface area (Å²) in [5.41, 5.74) is -0.296. The Morgan fingerprint density at radius 1 is 1.29 bits per heavy atom. The summed E-state index contributed by atoms with van der Waals surface area (Å²) in [6.45, 7) is 0.257. The van der Waals surface area contributed by atoms with Gasteiger partial charge >= 0.3 is 12.0 Å². The minimum absolute atomic E-state index is 0.0191. The van der Waals surface area contributed by atoms with Crippen LogP contribution in [-0.4, -0.2) is 17.1 Å². The third-order valence-electron chi connectivity index (χ3n) is 2.51. The molecular formula is C13H10ClFN2O3S. The summed E-state index contributed by atoms with van der Waals surface area (Å²) in [5, 5.41) is 13.9. The van der Waals surface area contributed by atoms with Crippen molar-refractivity contribution in [2.24, 2.45) is 0 Å². The summed E-state index contributed by atoms with van der Waals surface area (Å²) in [4.78, 5) is 23.6. The molecule has 0 saturated carbocycles. The Labute approximate surface area is 128 Å². The molecule has 0 atom stereocenters. The molecule has 1 aromatic heterocycles. The van der Waals surface area contributed by atoms with Crippen molar-refractivity contribution in [3.8, 4) is 0 Å². The van der Waals surface area contributed by atoms with E-state index in [1.807, 2.05) is 0 Å². The summed E-state index contributed by atoms with van der Waals surface area (Å²) in [5.74, 6) is -2.01. The molecule has 0 spiro atoms. The maximum absolute atomic E-state index is 13.0. The lowest BCUT2D eigenvalue weighted by Gasteiger charge is -2.09. The molecule has 0 aliphatic carbocycles. The predicted molar refractivity (Wildman–Crippen MR) is 78.5 cm³/mol. The van der Waals surface area contributed by atoms with Gasteiger partial charge in [0.2, 0.25) is 0 Å². The molecule has 2 aromatic rings. The zero-order valence-corrected chi connectivity index (χ0v) is 12.1. The lowest BCUT2D eigenvalue weighted by atomic mass is 10.2. The van der Waals surface area contributed by atoms with Crippen molar-refractivity contribution in [1.82, 2.24) is 5.32 Å². The first-order valence-electron chi connectivity index (χ1n) is 5.77. The number of benzene rings is 1. The largest absolute Gasteiger partial charge is 0.478 e. The first-order valence-corrected chi connectivity index (χ1v) is 6.97. The molecule has 0 fully saturated rings. The summed E-state index contributed by atoms with van der Waals surface area (Å²) in [6, 6.07) is 6.00. The van der Waals surface area contributed by atoms with Gasteiger partial charge in [-0.15, -0.1) is 11.3 Å². The second-order valence-electron chi connectivity index (χ2n) is 4.01. The highest BCUT2D eigenvalue weighted by atomic mass is 35.5. The Hall–Kier alpha value is -2.12. The zero-order valence-electron chi connectivity index (χ0n) is 10.5. The van der Waals surface area contributed by atoms with Gasteiger partial charge in [-0.2, -0.15) is 0 Å². The van der Waals surface area contributed by atoms with E-state index in [2.05, 4.69) is 10.6 Å². The van der Waals surface area contributed by atoms with Crippen molar-refractivity contribution in [2.75, 3.05) is 5.32 Å². The Kier molecular flexibility index (Phi) is 4.77. The van der Waals surface area contributed by atoms with Crippen LogP contribution in [0.4, 0.5) is 14.9 Å². The van der Waals surface area contributed by atoms with E-state index in [9.17, 15) is 14.0 Å². The molecule has 0 aliphatic heterocycles. The Bertz CT molecular complexity index is 690. The lowest BCUT2D eigenvalue weighted by Crippen LogP contribution is -2.28. The van der Waals surface area contributed by atoms with E-state index in [0.717, 1.165) is 17.0 Å². The van der Waals surface area contributed by atoms with Crippen LogP contribution in [0, 0.1) is 5.82 Å². The quantitative estimate of drug-likeness (QED) is 0.803. The predicted octanol–water partition coefficient (Wildman–Crippen LogP) is 3.56.